The fourth-order valence-corrected chi connectivity index (χ4v) is 0.387. The van der Waals surface area contributed by atoms with E-state index in [-0.39, 0.29) is 35.9 Å². The van der Waals surface area contributed by atoms with Gasteiger partial charge >= 0.3 is 0 Å². The van der Waals surface area contributed by atoms with Gasteiger partial charge in [0.1, 0.15) is 0 Å². The molecule has 0 aromatic carbocycles. The summed E-state index contributed by atoms with van der Waals surface area (Å²) in [7, 11) is 1.55. The van der Waals surface area contributed by atoms with Crippen molar-refractivity contribution < 1.29 is 17.1 Å². The Balaban J connectivity index is 0. The van der Waals surface area contributed by atoms with Gasteiger partial charge in [-0.1, -0.05) is 5.80 Å². The van der Waals surface area contributed by atoms with Crippen molar-refractivity contribution in [3.63, 3.8) is 0 Å². The minimum absolute atomic E-state index is 0. The van der Waals surface area contributed by atoms with E-state index in [0.717, 1.165) is 0 Å². The molecule has 0 bridgehead atoms. The molecule has 0 N–H and O–H groups in total. The molecule has 0 unspecified atom stereocenters. The molecule has 1 aliphatic heterocycles. The summed E-state index contributed by atoms with van der Waals surface area (Å²) < 4.78 is 0. The average Bonchev–Trinajstić information content (AvgIpc) is 0.722. The van der Waals surface area contributed by atoms with Crippen LogP contribution in [-0.4, -0.2) is 30.8 Å². The molecule has 0 aromatic rings. The number of hydrogen-bond acceptors (Lipinski definition) is 0. The molecule has 0 fully saturated rings. The molecular weight excluding hydrogens is 130 g/mol. The quantitative estimate of drug-likeness (QED) is 0.339. The van der Waals surface area contributed by atoms with Crippen molar-refractivity contribution in [3.05, 3.63) is 0 Å². The maximum absolute atomic E-state index is 2.28. The minimum atomic E-state index is 0. The van der Waals surface area contributed by atoms with Crippen molar-refractivity contribution in [3.8, 4) is 0 Å². The van der Waals surface area contributed by atoms with Crippen LogP contribution in [-0.2, 0) is 17.1 Å². The standard InChI is InChI=1S/C3H5P.Fe.Li/c1-2-4-3-1;;/h2H,1,3H2;;. The molecule has 1 heterocycles. The summed E-state index contributed by atoms with van der Waals surface area (Å²) in [5, 5.41) is 0. The molecule has 31 valence electrons. The van der Waals surface area contributed by atoms with Crippen LogP contribution in [0, 0.1) is 0 Å². The molecule has 0 nitrogen and oxygen atoms in total. The van der Waals surface area contributed by atoms with E-state index in [1.165, 1.54) is 12.6 Å². The molecule has 0 aromatic heterocycles. The van der Waals surface area contributed by atoms with Gasteiger partial charge < -0.3 is 0 Å². The molecule has 1 aliphatic rings. The van der Waals surface area contributed by atoms with Gasteiger partial charge in [0.15, 0.2) is 0 Å². The fourth-order valence-electron chi connectivity index (χ4n) is 0.129. The van der Waals surface area contributed by atoms with Crippen LogP contribution in [0.15, 0.2) is 0 Å². The third kappa shape index (κ3) is 3.48. The molecule has 3 heteroatoms. The normalized spacial score (nSPS) is 16.0. The summed E-state index contributed by atoms with van der Waals surface area (Å²) in [6.45, 7) is 0. The molecule has 0 amide bonds. The van der Waals surface area contributed by atoms with Gasteiger partial charge in [-0.2, -0.15) is 0 Å². The van der Waals surface area contributed by atoms with Crippen molar-refractivity contribution in [1.82, 2.24) is 0 Å². The zero-order valence-electron chi connectivity index (χ0n) is 3.79. The van der Waals surface area contributed by atoms with Crippen LogP contribution in [0.3, 0.4) is 0 Å². The van der Waals surface area contributed by atoms with Crippen LogP contribution in [0.5, 0.6) is 0 Å². The van der Waals surface area contributed by atoms with E-state index in [1.54, 1.807) is 8.20 Å². The number of rotatable bonds is 0. The SMILES string of the molecule is C1=PCC1.[Fe].[Li]. The van der Waals surface area contributed by atoms with E-state index in [9.17, 15) is 0 Å². The second kappa shape index (κ2) is 6.29. The monoisotopic (exact) mass is 135 g/mol. The molecule has 0 atom stereocenters. The Labute approximate surface area is 62.5 Å². The Kier molecular flexibility index (Phi) is 10.8. The number of hydrogen-bond donors (Lipinski definition) is 0. The summed E-state index contributed by atoms with van der Waals surface area (Å²) in [6, 6.07) is 0. The summed E-state index contributed by atoms with van der Waals surface area (Å²) >= 11 is 0. The second-order valence-electron chi connectivity index (χ2n) is 0.877. The topological polar surface area (TPSA) is 0 Å². The molecule has 0 spiro atoms. The van der Waals surface area contributed by atoms with Crippen molar-refractivity contribution in [2.75, 3.05) is 6.16 Å². The molecular formula is C3H5FeLiP. The van der Waals surface area contributed by atoms with Crippen LogP contribution < -0.4 is 0 Å². The summed E-state index contributed by atoms with van der Waals surface area (Å²) in [6.07, 6.45) is 2.78. The van der Waals surface area contributed by atoms with Crippen LogP contribution in [0.4, 0.5) is 0 Å². The first-order valence-electron chi connectivity index (χ1n) is 1.48. The van der Waals surface area contributed by atoms with Gasteiger partial charge in [-0.25, -0.2) is 0 Å². The molecule has 1 rings (SSSR count). The predicted octanol–water partition coefficient (Wildman–Crippen LogP) is 0.755. The van der Waals surface area contributed by atoms with Crippen LogP contribution in [0.1, 0.15) is 6.42 Å². The first-order valence-corrected chi connectivity index (χ1v) is 2.63. The van der Waals surface area contributed by atoms with E-state index in [4.69, 9.17) is 0 Å². The van der Waals surface area contributed by atoms with Crippen molar-refractivity contribution >= 4 is 32.9 Å². The Bertz CT molecular complexity index is 40.1. The maximum atomic E-state index is 2.28. The molecule has 0 saturated carbocycles. The van der Waals surface area contributed by atoms with E-state index >= 15 is 0 Å². The van der Waals surface area contributed by atoms with Crippen molar-refractivity contribution in [2.45, 2.75) is 6.42 Å². The first kappa shape index (κ1) is 10.3. The fraction of sp³-hybridized carbons (Fsp3) is 0.667. The molecule has 1 radical (unpaired) electrons. The van der Waals surface area contributed by atoms with E-state index in [2.05, 4.69) is 5.80 Å². The summed E-state index contributed by atoms with van der Waals surface area (Å²) in [5.41, 5.74) is 0. The minimum Gasteiger partial charge on any atom is -0.109 e. The van der Waals surface area contributed by atoms with Gasteiger partial charge in [0.2, 0.25) is 0 Å². The predicted molar refractivity (Wildman–Crippen MR) is 28.2 cm³/mol. The van der Waals surface area contributed by atoms with Crippen molar-refractivity contribution in [1.29, 1.82) is 0 Å². The van der Waals surface area contributed by atoms with Gasteiger partial charge in [-0.3, -0.25) is 0 Å². The maximum Gasteiger partial charge on any atom is 0 e. The summed E-state index contributed by atoms with van der Waals surface area (Å²) in [5.74, 6) is 2.28. The smallest absolute Gasteiger partial charge is 0 e. The molecule has 0 aliphatic carbocycles. The van der Waals surface area contributed by atoms with E-state index in [0.29, 0.717) is 0 Å². The Hall–Kier alpha value is 1.29. The third-order valence-electron chi connectivity index (χ3n) is 0.516. The van der Waals surface area contributed by atoms with Crippen LogP contribution >= 0.6 is 8.20 Å². The van der Waals surface area contributed by atoms with Gasteiger partial charge in [-0.15, -0.1) is 8.20 Å². The van der Waals surface area contributed by atoms with Gasteiger partial charge in [0.25, 0.3) is 0 Å². The van der Waals surface area contributed by atoms with Gasteiger partial charge in [0.05, 0.1) is 0 Å². The average molecular weight is 135 g/mol. The zero-order chi connectivity index (χ0) is 2.83. The van der Waals surface area contributed by atoms with Crippen LogP contribution in [0.2, 0.25) is 0 Å². The third-order valence-corrected chi connectivity index (χ3v) is 1.55. The zero-order valence-corrected chi connectivity index (χ0v) is 5.79. The largest absolute Gasteiger partial charge is 0.109 e. The van der Waals surface area contributed by atoms with E-state index in [1.807, 2.05) is 0 Å². The van der Waals surface area contributed by atoms with Crippen molar-refractivity contribution in [2.24, 2.45) is 0 Å². The van der Waals surface area contributed by atoms with Crippen LogP contribution in [0.25, 0.3) is 0 Å². The summed E-state index contributed by atoms with van der Waals surface area (Å²) in [4.78, 5) is 0. The van der Waals surface area contributed by atoms with Gasteiger partial charge in [-0.05, 0) is 12.6 Å². The Morgan fingerprint density at radius 1 is 1.50 bits per heavy atom. The first-order chi connectivity index (χ1) is 2.00. The molecule has 0 saturated heterocycles. The second-order valence-corrected chi connectivity index (χ2v) is 2.05. The van der Waals surface area contributed by atoms with E-state index < -0.39 is 0 Å². The molecule has 6 heavy (non-hydrogen) atoms. The Morgan fingerprint density at radius 3 is 1.67 bits per heavy atom. The Morgan fingerprint density at radius 2 is 1.67 bits per heavy atom. The van der Waals surface area contributed by atoms with Gasteiger partial charge in [0, 0.05) is 35.9 Å².